The summed E-state index contributed by atoms with van der Waals surface area (Å²) >= 11 is 5.84. The largest absolute Gasteiger partial charge is 0.465 e. The van der Waals surface area contributed by atoms with Gasteiger partial charge in [0.05, 0.1) is 23.3 Å². The molecule has 0 aliphatic carbocycles. The summed E-state index contributed by atoms with van der Waals surface area (Å²) in [6.07, 6.45) is 0.589. The minimum Gasteiger partial charge on any atom is -0.465 e. The van der Waals surface area contributed by atoms with E-state index in [1.54, 1.807) is 24.3 Å². The Kier molecular flexibility index (Phi) is 5.71. The first-order valence-electron chi connectivity index (χ1n) is 6.92. The lowest BCUT2D eigenvalue weighted by Crippen LogP contribution is -2.26. The molecule has 0 fully saturated rings. The number of benzene rings is 2. The molecule has 0 aromatic heterocycles. The maximum atomic E-state index is 13.0. The van der Waals surface area contributed by atoms with Crippen LogP contribution in [0.4, 0.5) is 4.39 Å². The SMILES string of the molecule is COC(=O)c1ccc(CCNC(=O)c2ccc(F)cc2Cl)cc1. The molecule has 1 amide bonds. The van der Waals surface area contributed by atoms with Crippen molar-refractivity contribution in [1.82, 2.24) is 5.32 Å². The van der Waals surface area contributed by atoms with Crippen LogP contribution in [-0.4, -0.2) is 25.5 Å². The molecule has 0 saturated carbocycles. The van der Waals surface area contributed by atoms with Crippen LogP contribution in [0.5, 0.6) is 0 Å². The highest BCUT2D eigenvalue weighted by atomic mass is 35.5. The number of hydrogen-bond donors (Lipinski definition) is 1. The summed E-state index contributed by atoms with van der Waals surface area (Å²) in [5.74, 6) is -1.24. The van der Waals surface area contributed by atoms with Crippen molar-refractivity contribution in [3.05, 3.63) is 70.0 Å². The van der Waals surface area contributed by atoms with E-state index in [2.05, 4.69) is 10.1 Å². The molecule has 0 bridgehead atoms. The highest BCUT2D eigenvalue weighted by molar-refractivity contribution is 6.33. The number of esters is 1. The normalized spacial score (nSPS) is 10.2. The lowest BCUT2D eigenvalue weighted by Gasteiger charge is -2.07. The number of halogens is 2. The molecule has 0 aliphatic heterocycles. The van der Waals surface area contributed by atoms with Crippen molar-refractivity contribution in [2.75, 3.05) is 13.7 Å². The third-order valence-corrected chi connectivity index (χ3v) is 3.56. The number of carbonyl (C=O) groups is 2. The Morgan fingerprint density at radius 3 is 2.48 bits per heavy atom. The van der Waals surface area contributed by atoms with E-state index in [1.807, 2.05) is 0 Å². The van der Waals surface area contributed by atoms with Crippen LogP contribution in [0.25, 0.3) is 0 Å². The molecule has 4 nitrogen and oxygen atoms in total. The van der Waals surface area contributed by atoms with Crippen molar-refractivity contribution in [2.24, 2.45) is 0 Å². The first kappa shape index (κ1) is 17.0. The summed E-state index contributed by atoms with van der Waals surface area (Å²) in [6, 6.07) is 10.6. The maximum Gasteiger partial charge on any atom is 0.337 e. The number of methoxy groups -OCH3 is 1. The molecule has 0 spiro atoms. The average molecular weight is 336 g/mol. The van der Waals surface area contributed by atoms with Crippen LogP contribution in [0, 0.1) is 5.82 Å². The monoisotopic (exact) mass is 335 g/mol. The van der Waals surface area contributed by atoms with Gasteiger partial charge in [-0.2, -0.15) is 0 Å². The lowest BCUT2D eigenvalue weighted by molar-refractivity contribution is 0.0600. The number of rotatable bonds is 5. The molecule has 0 unspecified atom stereocenters. The van der Waals surface area contributed by atoms with Crippen LogP contribution in [0.15, 0.2) is 42.5 Å². The van der Waals surface area contributed by atoms with Gasteiger partial charge in [-0.05, 0) is 42.3 Å². The third-order valence-electron chi connectivity index (χ3n) is 3.25. The average Bonchev–Trinajstić information content (AvgIpc) is 2.54. The van der Waals surface area contributed by atoms with Crippen molar-refractivity contribution in [3.63, 3.8) is 0 Å². The zero-order valence-electron chi connectivity index (χ0n) is 12.4. The number of hydrogen-bond acceptors (Lipinski definition) is 3. The van der Waals surface area contributed by atoms with E-state index in [-0.39, 0.29) is 16.5 Å². The number of ether oxygens (including phenoxy) is 1. The van der Waals surface area contributed by atoms with Gasteiger partial charge in [0.2, 0.25) is 0 Å². The number of carbonyl (C=O) groups excluding carboxylic acids is 2. The summed E-state index contributed by atoms with van der Waals surface area (Å²) < 4.78 is 17.6. The first-order chi connectivity index (χ1) is 11.0. The second-order valence-corrected chi connectivity index (χ2v) is 5.23. The smallest absolute Gasteiger partial charge is 0.337 e. The summed E-state index contributed by atoms with van der Waals surface area (Å²) in [4.78, 5) is 23.3. The molecule has 0 radical (unpaired) electrons. The fourth-order valence-corrected chi connectivity index (χ4v) is 2.27. The van der Waals surface area contributed by atoms with Gasteiger partial charge in [-0.1, -0.05) is 23.7 Å². The van der Waals surface area contributed by atoms with Crippen molar-refractivity contribution in [3.8, 4) is 0 Å². The topological polar surface area (TPSA) is 55.4 Å². The van der Waals surface area contributed by atoms with E-state index in [9.17, 15) is 14.0 Å². The van der Waals surface area contributed by atoms with Gasteiger partial charge >= 0.3 is 5.97 Å². The van der Waals surface area contributed by atoms with E-state index >= 15 is 0 Å². The van der Waals surface area contributed by atoms with Gasteiger partial charge in [0, 0.05) is 6.54 Å². The van der Waals surface area contributed by atoms with Crippen LogP contribution in [-0.2, 0) is 11.2 Å². The Labute approximate surface area is 138 Å². The number of amides is 1. The van der Waals surface area contributed by atoms with Crippen LogP contribution in [0.2, 0.25) is 5.02 Å². The predicted octanol–water partition coefficient (Wildman–Crippen LogP) is 3.24. The molecular formula is C17H15ClFNO3. The second kappa shape index (κ2) is 7.74. The molecule has 0 atom stereocenters. The lowest BCUT2D eigenvalue weighted by atomic mass is 10.1. The van der Waals surface area contributed by atoms with Gasteiger partial charge in [0.1, 0.15) is 5.82 Å². The third kappa shape index (κ3) is 4.53. The van der Waals surface area contributed by atoms with Crippen LogP contribution in [0.3, 0.4) is 0 Å². The highest BCUT2D eigenvalue weighted by Gasteiger charge is 2.10. The summed E-state index contributed by atoms with van der Waals surface area (Å²) in [5, 5.41) is 2.79. The molecule has 0 heterocycles. The van der Waals surface area contributed by atoms with Gasteiger partial charge in [0.25, 0.3) is 5.91 Å². The summed E-state index contributed by atoms with van der Waals surface area (Å²) in [7, 11) is 1.33. The van der Waals surface area contributed by atoms with Gasteiger partial charge in [-0.15, -0.1) is 0 Å². The fourth-order valence-electron chi connectivity index (χ4n) is 2.01. The molecule has 2 aromatic carbocycles. The van der Waals surface area contributed by atoms with Crippen LogP contribution >= 0.6 is 11.6 Å². The minimum absolute atomic E-state index is 0.0740. The fraction of sp³-hybridized carbons (Fsp3) is 0.176. The summed E-state index contributed by atoms with van der Waals surface area (Å²) in [5.41, 5.74) is 1.66. The quantitative estimate of drug-likeness (QED) is 0.853. The van der Waals surface area contributed by atoms with E-state index in [0.717, 1.165) is 11.6 Å². The van der Waals surface area contributed by atoms with E-state index < -0.39 is 11.8 Å². The summed E-state index contributed by atoms with van der Waals surface area (Å²) in [6.45, 7) is 0.393. The zero-order chi connectivity index (χ0) is 16.8. The molecule has 6 heteroatoms. The van der Waals surface area contributed by atoms with Gasteiger partial charge < -0.3 is 10.1 Å². The first-order valence-corrected chi connectivity index (χ1v) is 7.29. The number of nitrogens with one attached hydrogen (secondary N) is 1. The van der Waals surface area contributed by atoms with Gasteiger partial charge in [-0.25, -0.2) is 9.18 Å². The van der Waals surface area contributed by atoms with Crippen molar-refractivity contribution in [2.45, 2.75) is 6.42 Å². The van der Waals surface area contributed by atoms with E-state index in [0.29, 0.717) is 18.5 Å². The van der Waals surface area contributed by atoms with Crippen molar-refractivity contribution in [1.29, 1.82) is 0 Å². The molecular weight excluding hydrogens is 321 g/mol. The molecule has 0 saturated heterocycles. The Hall–Kier alpha value is -2.40. The van der Waals surface area contributed by atoms with Crippen molar-refractivity contribution >= 4 is 23.5 Å². The van der Waals surface area contributed by atoms with Crippen molar-refractivity contribution < 1.29 is 18.7 Å². The maximum absolute atomic E-state index is 13.0. The Morgan fingerprint density at radius 2 is 1.87 bits per heavy atom. The minimum atomic E-state index is -0.489. The molecule has 23 heavy (non-hydrogen) atoms. The molecule has 1 N–H and O–H groups in total. The Morgan fingerprint density at radius 1 is 1.17 bits per heavy atom. The van der Waals surface area contributed by atoms with Gasteiger partial charge in [-0.3, -0.25) is 4.79 Å². The highest BCUT2D eigenvalue weighted by Crippen LogP contribution is 2.17. The Balaban J connectivity index is 1.89. The zero-order valence-corrected chi connectivity index (χ0v) is 13.2. The molecule has 2 rings (SSSR count). The second-order valence-electron chi connectivity index (χ2n) is 4.82. The molecule has 120 valence electrons. The van der Waals surface area contributed by atoms with E-state index in [4.69, 9.17) is 11.6 Å². The van der Waals surface area contributed by atoms with E-state index in [1.165, 1.54) is 19.2 Å². The van der Waals surface area contributed by atoms with Gasteiger partial charge in [0.15, 0.2) is 0 Å². The predicted molar refractivity (Wildman–Crippen MR) is 85.2 cm³/mol. The van der Waals surface area contributed by atoms with Crippen LogP contribution in [0.1, 0.15) is 26.3 Å². The molecule has 0 aliphatic rings. The van der Waals surface area contributed by atoms with Crippen LogP contribution < -0.4 is 5.32 Å². The standard InChI is InChI=1S/C17H15ClFNO3/c1-23-17(22)12-4-2-11(3-5-12)8-9-20-16(21)14-7-6-13(19)10-15(14)18/h2-7,10H,8-9H2,1H3,(H,20,21). The molecule has 2 aromatic rings. The Bertz CT molecular complexity index is 716.